The van der Waals surface area contributed by atoms with E-state index in [1.165, 1.54) is 10.6 Å². The fourth-order valence-corrected chi connectivity index (χ4v) is 4.74. The highest BCUT2D eigenvalue weighted by atomic mass is 35.5. The van der Waals surface area contributed by atoms with Gasteiger partial charge in [0.05, 0.1) is 15.9 Å². The number of carbonyl (C=O) groups is 1. The van der Waals surface area contributed by atoms with Gasteiger partial charge in [-0.1, -0.05) is 11.6 Å². The second kappa shape index (κ2) is 8.81. The van der Waals surface area contributed by atoms with Crippen LogP contribution in [0.5, 0.6) is 0 Å². The summed E-state index contributed by atoms with van der Waals surface area (Å²) in [4.78, 5) is 60.1. The number of hydrogen-bond donors (Lipinski definition) is 1. The lowest BCUT2D eigenvalue weighted by Gasteiger charge is -2.36. The highest BCUT2D eigenvalue weighted by molar-refractivity contribution is 6.30. The molecule has 1 aliphatic carbocycles. The Hall–Kier alpha value is -3.73. The number of halogens is 1. The molecule has 3 heterocycles. The Balaban J connectivity index is 1.48. The van der Waals surface area contributed by atoms with Crippen molar-refractivity contribution >= 4 is 39.9 Å². The molecule has 2 aromatic heterocycles. The third-order valence-electron chi connectivity index (χ3n) is 6.55. The molecule has 0 radical (unpaired) electrons. The Morgan fingerprint density at radius 3 is 2.54 bits per heavy atom. The van der Waals surface area contributed by atoms with Gasteiger partial charge in [-0.15, -0.1) is 0 Å². The van der Waals surface area contributed by atoms with E-state index >= 15 is 0 Å². The second-order valence-corrected chi connectivity index (χ2v) is 9.18. The molecule has 2 aliphatic rings. The molecule has 11 nitrogen and oxygen atoms in total. The number of amides is 1. The van der Waals surface area contributed by atoms with Crippen LogP contribution >= 0.6 is 11.6 Å². The molecule has 182 valence electrons. The molecule has 5 rings (SSSR count). The highest BCUT2D eigenvalue weighted by Gasteiger charge is 2.31. The van der Waals surface area contributed by atoms with E-state index in [1.807, 2.05) is 4.90 Å². The molecular formula is C23H23ClN6O5. The monoisotopic (exact) mass is 498 g/mol. The van der Waals surface area contributed by atoms with E-state index in [9.17, 15) is 24.5 Å². The van der Waals surface area contributed by atoms with Crippen molar-refractivity contribution in [3.8, 4) is 0 Å². The Morgan fingerprint density at radius 2 is 1.91 bits per heavy atom. The Labute approximate surface area is 204 Å². The molecule has 2 fully saturated rings. The quantitative estimate of drug-likeness (QED) is 0.421. The number of benzene rings is 1. The normalized spacial score (nSPS) is 16.1. The smallest absolute Gasteiger partial charge is 0.329 e. The molecule has 0 spiro atoms. The number of nitro benzene ring substituents is 1. The van der Waals surface area contributed by atoms with Crippen molar-refractivity contribution in [2.24, 2.45) is 0 Å². The van der Waals surface area contributed by atoms with Crippen LogP contribution in [-0.4, -0.2) is 56.4 Å². The zero-order valence-electron chi connectivity index (χ0n) is 19.0. The number of aromatic nitrogens is 3. The summed E-state index contributed by atoms with van der Waals surface area (Å²) in [5.41, 5.74) is 0.334. The minimum atomic E-state index is -0.636. The number of nitro groups is 1. The summed E-state index contributed by atoms with van der Waals surface area (Å²) in [5, 5.41) is 11.9. The largest absolute Gasteiger partial charge is 0.362 e. The maximum absolute atomic E-state index is 13.6. The van der Waals surface area contributed by atoms with E-state index in [2.05, 4.69) is 9.97 Å². The Morgan fingerprint density at radius 1 is 1.20 bits per heavy atom. The minimum absolute atomic E-state index is 0.0875. The van der Waals surface area contributed by atoms with Gasteiger partial charge in [0, 0.05) is 55.4 Å². The number of rotatable bonds is 5. The molecule has 35 heavy (non-hydrogen) atoms. The average molecular weight is 499 g/mol. The number of nitrogens with zero attached hydrogens (tertiary/aromatic N) is 5. The van der Waals surface area contributed by atoms with Gasteiger partial charge in [0.25, 0.3) is 17.2 Å². The molecule has 1 aliphatic heterocycles. The number of hydrogen-bond acceptors (Lipinski definition) is 7. The fourth-order valence-electron chi connectivity index (χ4n) is 4.57. The summed E-state index contributed by atoms with van der Waals surface area (Å²) >= 11 is 5.93. The number of carbonyl (C=O) groups excluding carboxylic acids is 1. The maximum atomic E-state index is 13.6. The number of pyridine rings is 1. The molecule has 1 N–H and O–H groups in total. The highest BCUT2D eigenvalue weighted by Crippen LogP contribution is 2.40. The number of aromatic amines is 1. The third kappa shape index (κ3) is 4.16. The fraction of sp³-hybridized carbons (Fsp3) is 0.391. The van der Waals surface area contributed by atoms with Crippen LogP contribution in [0.3, 0.4) is 0 Å². The first-order chi connectivity index (χ1) is 16.8. The third-order valence-corrected chi connectivity index (χ3v) is 6.79. The standard InChI is InChI=1S/C23H23ClN6O5/c1-2-29-20-19(21(31)26-23(29)33)15(12-16(25-20)13-3-4-13)22(32)28-9-7-27(8-10-28)17-6-5-14(24)11-18(17)30(34)35/h5-6,11-13H,2-4,7-10H2,1H3,(H,26,31,33). The van der Waals surface area contributed by atoms with E-state index < -0.39 is 16.2 Å². The number of piperazine rings is 1. The summed E-state index contributed by atoms with van der Waals surface area (Å²) in [7, 11) is 0. The number of anilines is 1. The Bertz CT molecular complexity index is 1470. The predicted molar refractivity (Wildman–Crippen MR) is 130 cm³/mol. The van der Waals surface area contributed by atoms with Gasteiger partial charge in [-0.2, -0.15) is 0 Å². The van der Waals surface area contributed by atoms with Gasteiger partial charge in [0.2, 0.25) is 0 Å². The first-order valence-electron chi connectivity index (χ1n) is 11.4. The number of H-pyrrole nitrogens is 1. The lowest BCUT2D eigenvalue weighted by molar-refractivity contribution is -0.384. The molecule has 12 heteroatoms. The van der Waals surface area contributed by atoms with Crippen LogP contribution in [0, 0.1) is 10.1 Å². The van der Waals surface area contributed by atoms with Gasteiger partial charge in [-0.05, 0) is 38.0 Å². The molecule has 0 bridgehead atoms. The maximum Gasteiger partial charge on any atom is 0.329 e. The van der Waals surface area contributed by atoms with Crippen molar-refractivity contribution in [1.82, 2.24) is 19.4 Å². The van der Waals surface area contributed by atoms with E-state index in [0.717, 1.165) is 12.8 Å². The van der Waals surface area contributed by atoms with E-state index in [4.69, 9.17) is 11.6 Å². The van der Waals surface area contributed by atoms with Crippen LogP contribution in [0.1, 0.15) is 41.7 Å². The molecule has 3 aromatic rings. The van der Waals surface area contributed by atoms with Gasteiger partial charge in [0.1, 0.15) is 5.69 Å². The SMILES string of the molecule is CCn1c(=O)[nH]c(=O)c2c(C(=O)N3CCN(c4ccc(Cl)cc4[N+](=O)[O-])CC3)cc(C3CC3)nc21. The number of aryl methyl sites for hydroxylation is 1. The summed E-state index contributed by atoms with van der Waals surface area (Å²) in [6.07, 6.45) is 1.90. The van der Waals surface area contributed by atoms with Gasteiger partial charge >= 0.3 is 5.69 Å². The summed E-state index contributed by atoms with van der Waals surface area (Å²) < 4.78 is 1.37. The van der Waals surface area contributed by atoms with Crippen LogP contribution in [0.2, 0.25) is 5.02 Å². The van der Waals surface area contributed by atoms with Crippen LogP contribution in [-0.2, 0) is 6.54 Å². The molecule has 1 aromatic carbocycles. The van der Waals surface area contributed by atoms with Crippen LogP contribution in [0.25, 0.3) is 11.0 Å². The van der Waals surface area contributed by atoms with Gasteiger partial charge in [0.15, 0.2) is 5.65 Å². The van der Waals surface area contributed by atoms with Crippen molar-refractivity contribution in [1.29, 1.82) is 0 Å². The summed E-state index contributed by atoms with van der Waals surface area (Å²) in [6.45, 7) is 3.46. The lowest BCUT2D eigenvalue weighted by Crippen LogP contribution is -2.49. The van der Waals surface area contributed by atoms with Crippen molar-refractivity contribution in [2.45, 2.75) is 32.2 Å². The van der Waals surface area contributed by atoms with Crippen molar-refractivity contribution in [3.63, 3.8) is 0 Å². The average Bonchev–Trinajstić information content (AvgIpc) is 3.69. The van der Waals surface area contributed by atoms with Crippen molar-refractivity contribution in [3.05, 3.63) is 71.5 Å². The van der Waals surface area contributed by atoms with Gasteiger partial charge < -0.3 is 9.80 Å². The zero-order chi connectivity index (χ0) is 24.9. The minimum Gasteiger partial charge on any atom is -0.362 e. The zero-order valence-corrected chi connectivity index (χ0v) is 19.7. The van der Waals surface area contributed by atoms with Gasteiger partial charge in [-0.3, -0.25) is 29.3 Å². The first kappa shape index (κ1) is 23.0. The van der Waals surface area contributed by atoms with Crippen LogP contribution in [0.15, 0.2) is 33.9 Å². The topological polar surface area (TPSA) is 134 Å². The summed E-state index contributed by atoms with van der Waals surface area (Å²) in [6, 6.07) is 6.21. The summed E-state index contributed by atoms with van der Waals surface area (Å²) in [5.74, 6) is -0.107. The van der Waals surface area contributed by atoms with Crippen molar-refractivity contribution in [2.75, 3.05) is 31.1 Å². The predicted octanol–water partition coefficient (Wildman–Crippen LogP) is 2.51. The van der Waals surface area contributed by atoms with Gasteiger partial charge in [-0.25, -0.2) is 9.78 Å². The second-order valence-electron chi connectivity index (χ2n) is 8.74. The number of fused-ring (bicyclic) bond motifs is 1. The van der Waals surface area contributed by atoms with E-state index in [0.29, 0.717) is 44.1 Å². The van der Waals surface area contributed by atoms with Crippen molar-refractivity contribution < 1.29 is 9.72 Å². The molecule has 0 unspecified atom stereocenters. The lowest BCUT2D eigenvalue weighted by atomic mass is 10.1. The molecule has 1 amide bonds. The number of nitrogens with one attached hydrogen (secondary N) is 1. The van der Waals surface area contributed by atoms with Crippen LogP contribution in [0.4, 0.5) is 11.4 Å². The van der Waals surface area contributed by atoms with E-state index in [1.54, 1.807) is 30.0 Å². The van der Waals surface area contributed by atoms with Crippen LogP contribution < -0.4 is 16.1 Å². The molecular weight excluding hydrogens is 476 g/mol. The molecule has 1 saturated heterocycles. The molecule has 1 saturated carbocycles. The Kier molecular flexibility index (Phi) is 5.79. The first-order valence-corrected chi connectivity index (χ1v) is 11.8. The molecule has 0 atom stereocenters. The van der Waals surface area contributed by atoms with E-state index in [-0.39, 0.29) is 39.1 Å².